The Bertz CT molecular complexity index is 793. The van der Waals surface area contributed by atoms with E-state index in [1.807, 2.05) is 6.07 Å². The van der Waals surface area contributed by atoms with Crippen molar-refractivity contribution in [2.24, 2.45) is 0 Å². The van der Waals surface area contributed by atoms with Gasteiger partial charge in [-0.1, -0.05) is 17.7 Å². The van der Waals surface area contributed by atoms with E-state index in [0.717, 1.165) is 11.3 Å². The number of carbonyl (C=O) groups excluding carboxylic acids is 2. The van der Waals surface area contributed by atoms with Crippen LogP contribution in [-0.2, 0) is 16.0 Å². The molecule has 0 heterocycles. The van der Waals surface area contributed by atoms with E-state index in [4.69, 9.17) is 21.1 Å². The number of halogens is 1. The second-order valence-electron chi connectivity index (χ2n) is 5.86. The lowest BCUT2D eigenvalue weighted by Crippen LogP contribution is -2.38. The van der Waals surface area contributed by atoms with Crippen molar-refractivity contribution >= 4 is 29.1 Å². The van der Waals surface area contributed by atoms with Gasteiger partial charge < -0.3 is 19.7 Å². The number of nitrogens with one attached hydrogen (secondary N) is 1. The highest BCUT2D eigenvalue weighted by atomic mass is 35.5. The molecule has 0 saturated heterocycles. The van der Waals surface area contributed by atoms with Gasteiger partial charge in [0, 0.05) is 30.7 Å². The molecular formula is C20H23ClN2O4. The number of rotatable bonds is 8. The van der Waals surface area contributed by atoms with Gasteiger partial charge in [-0.15, -0.1) is 0 Å². The normalized spacial score (nSPS) is 10.2. The van der Waals surface area contributed by atoms with Crippen LogP contribution in [0.5, 0.6) is 11.5 Å². The summed E-state index contributed by atoms with van der Waals surface area (Å²) in [6, 6.07) is 12.3. The maximum atomic E-state index is 12.2. The zero-order chi connectivity index (χ0) is 19.8. The van der Waals surface area contributed by atoms with E-state index in [-0.39, 0.29) is 18.2 Å². The number of methoxy groups -OCH3 is 2. The Morgan fingerprint density at radius 1 is 1.04 bits per heavy atom. The highest BCUT2D eigenvalue weighted by molar-refractivity contribution is 6.30. The van der Waals surface area contributed by atoms with E-state index in [2.05, 4.69) is 5.32 Å². The van der Waals surface area contributed by atoms with Crippen LogP contribution in [0.2, 0.25) is 5.02 Å². The molecule has 0 spiro atoms. The van der Waals surface area contributed by atoms with Gasteiger partial charge in [-0.2, -0.15) is 0 Å². The van der Waals surface area contributed by atoms with E-state index in [1.54, 1.807) is 55.5 Å². The monoisotopic (exact) mass is 390 g/mol. The minimum absolute atomic E-state index is 0.105. The van der Waals surface area contributed by atoms with Crippen LogP contribution < -0.4 is 19.7 Å². The fraction of sp³-hybridized carbons (Fsp3) is 0.300. The van der Waals surface area contributed by atoms with Gasteiger partial charge in [0.15, 0.2) is 11.5 Å². The van der Waals surface area contributed by atoms with Gasteiger partial charge in [-0.3, -0.25) is 9.59 Å². The fourth-order valence-corrected chi connectivity index (χ4v) is 2.76. The molecule has 2 aromatic rings. The summed E-state index contributed by atoms with van der Waals surface area (Å²) in [5, 5.41) is 3.44. The van der Waals surface area contributed by atoms with Crippen LogP contribution in [0.15, 0.2) is 42.5 Å². The Hall–Kier alpha value is -2.73. The number of amides is 2. The second-order valence-corrected chi connectivity index (χ2v) is 6.30. The summed E-state index contributed by atoms with van der Waals surface area (Å²) in [6.07, 6.45) is 0.210. The van der Waals surface area contributed by atoms with E-state index in [9.17, 15) is 9.59 Å². The Balaban J connectivity index is 1.90. The van der Waals surface area contributed by atoms with Crippen molar-refractivity contribution in [1.29, 1.82) is 0 Å². The quantitative estimate of drug-likeness (QED) is 0.752. The third kappa shape index (κ3) is 5.89. The van der Waals surface area contributed by atoms with Gasteiger partial charge in [0.25, 0.3) is 0 Å². The van der Waals surface area contributed by atoms with Crippen LogP contribution in [0.25, 0.3) is 0 Å². The molecule has 1 N–H and O–H groups in total. The van der Waals surface area contributed by atoms with Gasteiger partial charge in [0.2, 0.25) is 11.8 Å². The van der Waals surface area contributed by atoms with Crippen molar-refractivity contribution in [3.05, 3.63) is 53.1 Å². The molecule has 0 atom stereocenters. The summed E-state index contributed by atoms with van der Waals surface area (Å²) in [6.45, 7) is 2.20. The number of carbonyl (C=O) groups is 2. The van der Waals surface area contributed by atoms with Crippen LogP contribution in [-0.4, -0.2) is 39.1 Å². The summed E-state index contributed by atoms with van der Waals surface area (Å²) >= 11 is 5.88. The van der Waals surface area contributed by atoms with Gasteiger partial charge in [-0.25, -0.2) is 0 Å². The standard InChI is InChI=1S/C20H23ClN2O4/c1-14(24)23(17-7-5-16(21)6-8-17)11-10-22-20(25)13-15-4-9-18(26-2)19(12-15)27-3/h4-9,12H,10-11,13H2,1-3H3,(H,22,25). The molecule has 0 aliphatic heterocycles. The number of benzene rings is 2. The van der Waals surface area contributed by atoms with Crippen molar-refractivity contribution < 1.29 is 19.1 Å². The lowest BCUT2D eigenvalue weighted by molar-refractivity contribution is -0.121. The molecule has 2 aromatic carbocycles. The van der Waals surface area contributed by atoms with Crippen molar-refractivity contribution in [1.82, 2.24) is 5.32 Å². The van der Waals surface area contributed by atoms with E-state index < -0.39 is 0 Å². The Morgan fingerprint density at radius 3 is 2.30 bits per heavy atom. The van der Waals surface area contributed by atoms with Crippen LogP contribution in [0, 0.1) is 0 Å². The molecule has 0 radical (unpaired) electrons. The first-order valence-electron chi connectivity index (χ1n) is 8.46. The predicted molar refractivity (Wildman–Crippen MR) is 106 cm³/mol. The molecule has 0 saturated carbocycles. The third-order valence-corrected chi connectivity index (χ3v) is 4.24. The molecule has 0 aromatic heterocycles. The van der Waals surface area contributed by atoms with Gasteiger partial charge in [-0.05, 0) is 42.0 Å². The Morgan fingerprint density at radius 2 is 1.70 bits per heavy atom. The fourth-order valence-electron chi connectivity index (χ4n) is 2.63. The lowest BCUT2D eigenvalue weighted by Gasteiger charge is -2.21. The maximum absolute atomic E-state index is 12.2. The number of anilines is 1. The first-order valence-corrected chi connectivity index (χ1v) is 8.83. The molecule has 0 unspecified atom stereocenters. The zero-order valence-electron chi connectivity index (χ0n) is 15.6. The van der Waals surface area contributed by atoms with Crippen molar-refractivity contribution in [3.63, 3.8) is 0 Å². The molecule has 144 valence electrons. The first kappa shape index (κ1) is 20.6. The molecule has 7 heteroatoms. The van der Waals surface area contributed by atoms with Gasteiger partial charge in [0.05, 0.1) is 20.6 Å². The van der Waals surface area contributed by atoms with E-state index >= 15 is 0 Å². The Kier molecular flexibility index (Phi) is 7.49. The number of nitrogens with zero attached hydrogens (tertiary/aromatic N) is 1. The molecule has 0 fully saturated rings. The SMILES string of the molecule is COc1ccc(CC(=O)NCCN(C(C)=O)c2ccc(Cl)cc2)cc1OC. The van der Waals surface area contributed by atoms with Gasteiger partial charge >= 0.3 is 0 Å². The van der Waals surface area contributed by atoms with Crippen LogP contribution in [0.3, 0.4) is 0 Å². The third-order valence-electron chi connectivity index (χ3n) is 3.99. The lowest BCUT2D eigenvalue weighted by atomic mass is 10.1. The molecule has 2 rings (SSSR count). The predicted octanol–water partition coefficient (Wildman–Crippen LogP) is 3.07. The minimum atomic E-state index is -0.137. The summed E-state index contributed by atoms with van der Waals surface area (Å²) < 4.78 is 10.4. The molecule has 2 amide bonds. The number of ether oxygens (including phenoxy) is 2. The van der Waals surface area contributed by atoms with Crippen molar-refractivity contribution in [3.8, 4) is 11.5 Å². The summed E-state index contributed by atoms with van der Waals surface area (Å²) in [5.41, 5.74) is 1.55. The van der Waals surface area contributed by atoms with Crippen molar-refractivity contribution in [2.75, 3.05) is 32.2 Å². The van der Waals surface area contributed by atoms with Crippen molar-refractivity contribution in [2.45, 2.75) is 13.3 Å². The van der Waals surface area contributed by atoms with Gasteiger partial charge in [0.1, 0.15) is 0 Å². The molecular weight excluding hydrogens is 368 g/mol. The molecule has 0 bridgehead atoms. The molecule has 27 heavy (non-hydrogen) atoms. The maximum Gasteiger partial charge on any atom is 0.224 e. The smallest absolute Gasteiger partial charge is 0.224 e. The average molecular weight is 391 g/mol. The zero-order valence-corrected chi connectivity index (χ0v) is 16.4. The highest BCUT2D eigenvalue weighted by Gasteiger charge is 2.12. The molecule has 0 aliphatic rings. The Labute approximate surface area is 164 Å². The molecule has 6 nitrogen and oxygen atoms in total. The van der Waals surface area contributed by atoms with Crippen LogP contribution in [0.1, 0.15) is 12.5 Å². The second kappa shape index (κ2) is 9.83. The summed E-state index contributed by atoms with van der Waals surface area (Å²) in [4.78, 5) is 25.7. The summed E-state index contributed by atoms with van der Waals surface area (Å²) in [5.74, 6) is 0.948. The topological polar surface area (TPSA) is 67.9 Å². The largest absolute Gasteiger partial charge is 0.493 e. The number of hydrogen-bond donors (Lipinski definition) is 1. The van der Waals surface area contributed by atoms with E-state index in [0.29, 0.717) is 29.6 Å². The summed E-state index contributed by atoms with van der Waals surface area (Å²) in [7, 11) is 3.11. The van der Waals surface area contributed by atoms with Crippen LogP contribution in [0.4, 0.5) is 5.69 Å². The minimum Gasteiger partial charge on any atom is -0.493 e. The first-order chi connectivity index (χ1) is 12.9. The number of hydrogen-bond acceptors (Lipinski definition) is 4. The van der Waals surface area contributed by atoms with Crippen LogP contribution >= 0.6 is 11.6 Å². The highest BCUT2D eigenvalue weighted by Crippen LogP contribution is 2.27. The molecule has 0 aliphatic carbocycles. The van der Waals surface area contributed by atoms with E-state index in [1.165, 1.54) is 6.92 Å². The average Bonchev–Trinajstić information content (AvgIpc) is 2.65.